The third kappa shape index (κ3) is 1.76. The van der Waals surface area contributed by atoms with E-state index in [0.717, 1.165) is 41.8 Å². The van der Waals surface area contributed by atoms with Gasteiger partial charge in [-0.3, -0.25) is 14.6 Å². The summed E-state index contributed by atoms with van der Waals surface area (Å²) in [5.74, 6) is 0.818. The lowest BCUT2D eigenvalue weighted by Gasteiger charge is -2.62. The Labute approximate surface area is 132 Å². The highest BCUT2D eigenvalue weighted by atomic mass is 16.2. The summed E-state index contributed by atoms with van der Waals surface area (Å²) >= 11 is 0. The number of fused-ring (bicyclic) bond motifs is 1. The summed E-state index contributed by atoms with van der Waals surface area (Å²) in [5, 5.41) is 7.42. The Morgan fingerprint density at radius 2 is 1.83 bits per heavy atom. The number of rotatable bonds is 4. The van der Waals surface area contributed by atoms with Gasteiger partial charge in [-0.05, 0) is 49.4 Å². The van der Waals surface area contributed by atoms with Crippen LogP contribution in [0.1, 0.15) is 19.3 Å². The molecule has 0 atom stereocenters. The Hall–Kier alpha value is -2.69. The molecule has 0 unspecified atom stereocenters. The Morgan fingerprint density at radius 1 is 1.04 bits per heavy atom. The second-order valence-corrected chi connectivity index (χ2v) is 6.83. The van der Waals surface area contributed by atoms with Gasteiger partial charge in [0.2, 0.25) is 0 Å². The zero-order chi connectivity index (χ0) is 15.6. The molecule has 3 saturated carbocycles. The fourth-order valence-corrected chi connectivity index (χ4v) is 3.82. The van der Waals surface area contributed by atoms with Crippen LogP contribution in [0.4, 0.5) is 17.1 Å². The summed E-state index contributed by atoms with van der Waals surface area (Å²) in [5.41, 5.74) is 1.78. The molecule has 6 rings (SSSR count). The zero-order valence-corrected chi connectivity index (χ0v) is 12.4. The van der Waals surface area contributed by atoms with Crippen molar-refractivity contribution in [3.05, 3.63) is 57.0 Å². The maximum absolute atomic E-state index is 11.9. The first-order valence-corrected chi connectivity index (χ1v) is 7.87. The standard InChI is InChI=1S/C18H15N3O2/c22-16-14(15(17(16)23)21-18-7-10(8-18)9-18)20-12-3-4-13-11(6-12)2-1-5-19-13/h1-6,10,20-21H,7-9H2. The number of nitrogens with zero attached hydrogens (tertiary/aromatic N) is 1. The van der Waals surface area contributed by atoms with Crippen LogP contribution in [0.3, 0.4) is 0 Å². The van der Waals surface area contributed by atoms with E-state index in [9.17, 15) is 9.59 Å². The highest BCUT2D eigenvalue weighted by molar-refractivity contribution is 5.86. The third-order valence-electron chi connectivity index (χ3n) is 5.21. The Bertz CT molecular complexity index is 1000. The summed E-state index contributed by atoms with van der Waals surface area (Å²) in [4.78, 5) is 28.1. The molecule has 3 aliphatic carbocycles. The van der Waals surface area contributed by atoms with E-state index in [1.165, 1.54) is 0 Å². The van der Waals surface area contributed by atoms with Crippen LogP contribution >= 0.6 is 0 Å². The predicted octanol–water partition coefficient (Wildman–Crippen LogP) is 2.54. The van der Waals surface area contributed by atoms with E-state index in [1.54, 1.807) is 6.20 Å². The summed E-state index contributed by atoms with van der Waals surface area (Å²) in [6.07, 6.45) is 5.10. The summed E-state index contributed by atoms with van der Waals surface area (Å²) in [6, 6.07) is 9.55. The lowest BCUT2D eigenvalue weighted by atomic mass is 9.50. The lowest BCUT2D eigenvalue weighted by molar-refractivity contribution is 0.00203. The molecule has 3 aliphatic rings. The molecule has 2 bridgehead atoms. The maximum Gasteiger partial charge on any atom is 0.253 e. The summed E-state index contributed by atoms with van der Waals surface area (Å²) in [6.45, 7) is 0. The van der Waals surface area contributed by atoms with Crippen molar-refractivity contribution in [1.82, 2.24) is 4.98 Å². The molecule has 2 N–H and O–H groups in total. The van der Waals surface area contributed by atoms with Crippen molar-refractivity contribution in [1.29, 1.82) is 0 Å². The minimum Gasteiger partial charge on any atom is -0.374 e. The number of nitrogens with one attached hydrogen (secondary N) is 2. The minimum absolute atomic E-state index is 0.0800. The monoisotopic (exact) mass is 305 g/mol. The molecule has 0 spiro atoms. The van der Waals surface area contributed by atoms with Crippen LogP contribution in [0, 0.1) is 5.92 Å². The van der Waals surface area contributed by atoms with Gasteiger partial charge in [0.15, 0.2) is 0 Å². The van der Waals surface area contributed by atoms with Crippen LogP contribution in [0.2, 0.25) is 0 Å². The number of aromatic nitrogens is 1. The molecular formula is C18H15N3O2. The highest BCUT2D eigenvalue weighted by Crippen LogP contribution is 2.58. The van der Waals surface area contributed by atoms with Crippen LogP contribution < -0.4 is 21.5 Å². The molecule has 2 aromatic carbocycles. The molecule has 0 amide bonds. The molecule has 0 aliphatic heterocycles. The van der Waals surface area contributed by atoms with Crippen molar-refractivity contribution >= 4 is 28.0 Å². The van der Waals surface area contributed by atoms with E-state index in [4.69, 9.17) is 0 Å². The molecule has 3 fully saturated rings. The number of hydrogen-bond acceptors (Lipinski definition) is 5. The van der Waals surface area contributed by atoms with Gasteiger partial charge in [-0.2, -0.15) is 0 Å². The van der Waals surface area contributed by atoms with Gasteiger partial charge in [-0.1, -0.05) is 6.07 Å². The van der Waals surface area contributed by atoms with Gasteiger partial charge in [0.05, 0.1) is 5.52 Å². The van der Waals surface area contributed by atoms with Crippen molar-refractivity contribution in [2.24, 2.45) is 5.92 Å². The van der Waals surface area contributed by atoms with Crippen molar-refractivity contribution in [3.63, 3.8) is 0 Å². The minimum atomic E-state index is -0.439. The Balaban J connectivity index is 1.46. The number of pyridine rings is 1. The van der Waals surface area contributed by atoms with Gasteiger partial charge in [0.25, 0.3) is 10.9 Å². The molecule has 114 valence electrons. The van der Waals surface area contributed by atoms with Crippen LogP contribution in [0.15, 0.2) is 46.1 Å². The number of hydrogen-bond donors (Lipinski definition) is 2. The van der Waals surface area contributed by atoms with Gasteiger partial charge in [-0.25, -0.2) is 0 Å². The van der Waals surface area contributed by atoms with E-state index in [-0.39, 0.29) is 5.54 Å². The maximum atomic E-state index is 11.9. The number of benzene rings is 1. The largest absolute Gasteiger partial charge is 0.374 e. The number of anilines is 3. The first-order valence-electron chi connectivity index (χ1n) is 7.87. The predicted molar refractivity (Wildman–Crippen MR) is 90.1 cm³/mol. The van der Waals surface area contributed by atoms with E-state index < -0.39 is 10.9 Å². The first kappa shape index (κ1) is 12.8. The van der Waals surface area contributed by atoms with Gasteiger partial charge < -0.3 is 10.6 Å². The highest BCUT2D eigenvalue weighted by Gasteiger charge is 2.57. The summed E-state index contributed by atoms with van der Waals surface area (Å²) in [7, 11) is 0. The van der Waals surface area contributed by atoms with Gasteiger partial charge in [0.1, 0.15) is 11.4 Å². The topological polar surface area (TPSA) is 71.1 Å². The van der Waals surface area contributed by atoms with Crippen molar-refractivity contribution in [2.45, 2.75) is 24.8 Å². The molecule has 1 heterocycles. The van der Waals surface area contributed by atoms with E-state index in [0.29, 0.717) is 11.4 Å². The lowest BCUT2D eigenvalue weighted by Crippen LogP contribution is -2.64. The first-order chi connectivity index (χ1) is 11.1. The molecule has 1 aromatic heterocycles. The average Bonchev–Trinajstić information content (AvgIpc) is 2.50. The van der Waals surface area contributed by atoms with Crippen LogP contribution in [-0.4, -0.2) is 10.5 Å². The van der Waals surface area contributed by atoms with Gasteiger partial charge >= 0.3 is 0 Å². The van der Waals surface area contributed by atoms with E-state index in [2.05, 4.69) is 15.6 Å². The third-order valence-corrected chi connectivity index (χ3v) is 5.21. The average molecular weight is 305 g/mol. The molecule has 5 nitrogen and oxygen atoms in total. The molecular weight excluding hydrogens is 290 g/mol. The zero-order valence-electron chi connectivity index (χ0n) is 12.4. The second kappa shape index (κ2) is 4.19. The molecule has 0 saturated heterocycles. The van der Waals surface area contributed by atoms with E-state index in [1.807, 2.05) is 30.3 Å². The van der Waals surface area contributed by atoms with Gasteiger partial charge in [0, 0.05) is 22.8 Å². The van der Waals surface area contributed by atoms with Gasteiger partial charge in [-0.15, -0.1) is 0 Å². The molecule has 5 heteroatoms. The van der Waals surface area contributed by atoms with Crippen molar-refractivity contribution in [2.75, 3.05) is 10.6 Å². The smallest absolute Gasteiger partial charge is 0.253 e. The van der Waals surface area contributed by atoms with E-state index >= 15 is 0 Å². The Kier molecular flexibility index (Phi) is 2.33. The molecule has 23 heavy (non-hydrogen) atoms. The van der Waals surface area contributed by atoms with Crippen molar-refractivity contribution in [3.8, 4) is 0 Å². The second-order valence-electron chi connectivity index (χ2n) is 6.83. The van der Waals surface area contributed by atoms with Crippen LogP contribution in [0.25, 0.3) is 10.9 Å². The molecule has 3 aromatic rings. The summed E-state index contributed by atoms with van der Waals surface area (Å²) < 4.78 is 0. The quantitative estimate of drug-likeness (QED) is 0.725. The normalized spacial score (nSPS) is 25.0. The van der Waals surface area contributed by atoms with Crippen LogP contribution in [-0.2, 0) is 0 Å². The fraction of sp³-hybridized carbons (Fsp3) is 0.278. The van der Waals surface area contributed by atoms with Crippen molar-refractivity contribution < 1.29 is 0 Å². The fourth-order valence-electron chi connectivity index (χ4n) is 3.82. The SMILES string of the molecule is O=c1c(Nc2ccc3ncccc3c2)c(NC23CC(C2)C3)c1=O. The van der Waals surface area contributed by atoms with Crippen LogP contribution in [0.5, 0.6) is 0 Å². The molecule has 0 radical (unpaired) electrons. The Morgan fingerprint density at radius 3 is 2.57 bits per heavy atom.